The fraction of sp³-hybridized carbons (Fsp3) is 0.667. The average Bonchev–Trinajstić information content (AvgIpc) is 2.82. The Bertz CT molecular complexity index is 399. The zero-order chi connectivity index (χ0) is 13.0. The van der Waals surface area contributed by atoms with Crippen molar-refractivity contribution in [2.45, 2.75) is 19.5 Å². The number of aryl methyl sites for hydroxylation is 1. The summed E-state index contributed by atoms with van der Waals surface area (Å²) >= 11 is 0. The molecule has 1 aliphatic heterocycles. The Morgan fingerprint density at radius 2 is 2.56 bits per heavy atom. The van der Waals surface area contributed by atoms with Gasteiger partial charge in [0.15, 0.2) is 0 Å². The van der Waals surface area contributed by atoms with E-state index in [1.807, 2.05) is 25.1 Å². The standard InChI is InChI=1S/C12H20N4O2/c1-3-16(8-10-6-14-15(2)7-10)12(17)11-9-18-5-4-13-11/h6-7,11,13H,3-5,8-9H2,1-2H3/t11-/m0/s1. The Morgan fingerprint density at radius 1 is 1.72 bits per heavy atom. The summed E-state index contributed by atoms with van der Waals surface area (Å²) in [5, 5.41) is 7.30. The van der Waals surface area contributed by atoms with Crippen molar-refractivity contribution in [2.75, 3.05) is 26.3 Å². The number of nitrogens with one attached hydrogen (secondary N) is 1. The maximum Gasteiger partial charge on any atom is 0.242 e. The lowest BCUT2D eigenvalue weighted by Gasteiger charge is -2.29. The van der Waals surface area contributed by atoms with E-state index >= 15 is 0 Å². The minimum Gasteiger partial charge on any atom is -0.378 e. The van der Waals surface area contributed by atoms with Crippen LogP contribution in [-0.4, -0.2) is 52.9 Å². The number of hydrogen-bond acceptors (Lipinski definition) is 4. The molecule has 1 N–H and O–H groups in total. The third kappa shape index (κ3) is 3.08. The van der Waals surface area contributed by atoms with Crippen LogP contribution in [0.2, 0.25) is 0 Å². The van der Waals surface area contributed by atoms with Crippen LogP contribution < -0.4 is 5.32 Å². The van der Waals surface area contributed by atoms with E-state index in [1.54, 1.807) is 10.9 Å². The number of amides is 1. The zero-order valence-corrected chi connectivity index (χ0v) is 10.9. The number of morpholine rings is 1. The summed E-state index contributed by atoms with van der Waals surface area (Å²) in [5.41, 5.74) is 1.05. The second kappa shape index (κ2) is 5.97. The van der Waals surface area contributed by atoms with E-state index < -0.39 is 0 Å². The van der Waals surface area contributed by atoms with Crippen molar-refractivity contribution in [3.8, 4) is 0 Å². The molecule has 6 heteroatoms. The molecule has 0 unspecified atom stereocenters. The number of nitrogens with zero attached hydrogens (tertiary/aromatic N) is 3. The first-order valence-electron chi connectivity index (χ1n) is 6.28. The molecule has 6 nitrogen and oxygen atoms in total. The molecular weight excluding hydrogens is 232 g/mol. The summed E-state index contributed by atoms with van der Waals surface area (Å²) in [7, 11) is 1.87. The molecule has 0 saturated carbocycles. The summed E-state index contributed by atoms with van der Waals surface area (Å²) in [4.78, 5) is 14.1. The Morgan fingerprint density at radius 3 is 3.11 bits per heavy atom. The van der Waals surface area contributed by atoms with Crippen LogP contribution in [0.25, 0.3) is 0 Å². The van der Waals surface area contributed by atoms with Crippen molar-refractivity contribution in [1.82, 2.24) is 20.0 Å². The van der Waals surface area contributed by atoms with E-state index in [4.69, 9.17) is 4.74 Å². The van der Waals surface area contributed by atoms with E-state index in [0.717, 1.165) is 12.1 Å². The molecule has 1 aromatic rings. The lowest BCUT2D eigenvalue weighted by atomic mass is 10.2. The highest BCUT2D eigenvalue weighted by Crippen LogP contribution is 2.06. The van der Waals surface area contributed by atoms with Gasteiger partial charge in [-0.2, -0.15) is 5.10 Å². The Kier molecular flexibility index (Phi) is 4.33. The predicted octanol–water partition coefficient (Wildman–Crippen LogP) is -0.243. The summed E-state index contributed by atoms with van der Waals surface area (Å²) < 4.78 is 7.07. The van der Waals surface area contributed by atoms with E-state index in [9.17, 15) is 4.79 Å². The number of aromatic nitrogens is 2. The van der Waals surface area contributed by atoms with Crippen molar-refractivity contribution in [3.05, 3.63) is 18.0 Å². The average molecular weight is 252 g/mol. The monoisotopic (exact) mass is 252 g/mol. The molecule has 0 aromatic carbocycles. The van der Waals surface area contributed by atoms with Crippen LogP contribution in [0.3, 0.4) is 0 Å². The molecule has 18 heavy (non-hydrogen) atoms. The number of carbonyl (C=O) groups is 1. The van der Waals surface area contributed by atoms with E-state index in [2.05, 4.69) is 10.4 Å². The molecule has 0 bridgehead atoms. The Labute approximate surface area is 107 Å². The quantitative estimate of drug-likeness (QED) is 0.803. The second-order valence-electron chi connectivity index (χ2n) is 4.46. The van der Waals surface area contributed by atoms with Gasteiger partial charge in [-0.3, -0.25) is 9.48 Å². The van der Waals surface area contributed by atoms with E-state index in [0.29, 0.717) is 26.3 Å². The van der Waals surface area contributed by atoms with Gasteiger partial charge in [0.1, 0.15) is 6.04 Å². The van der Waals surface area contributed by atoms with Crippen LogP contribution in [0.4, 0.5) is 0 Å². The second-order valence-corrected chi connectivity index (χ2v) is 4.46. The first-order valence-corrected chi connectivity index (χ1v) is 6.28. The van der Waals surface area contributed by atoms with Crippen LogP contribution in [0.15, 0.2) is 12.4 Å². The van der Waals surface area contributed by atoms with E-state index in [1.165, 1.54) is 0 Å². The number of carbonyl (C=O) groups excluding carboxylic acids is 1. The molecule has 2 rings (SSSR count). The van der Waals surface area contributed by atoms with Crippen LogP contribution in [0, 0.1) is 0 Å². The molecular formula is C12H20N4O2. The molecule has 0 spiro atoms. The molecule has 1 saturated heterocycles. The third-order valence-corrected chi connectivity index (χ3v) is 3.04. The largest absolute Gasteiger partial charge is 0.378 e. The lowest BCUT2D eigenvalue weighted by Crippen LogP contribution is -2.52. The van der Waals surface area contributed by atoms with Gasteiger partial charge in [-0.25, -0.2) is 0 Å². The maximum atomic E-state index is 12.3. The molecule has 1 amide bonds. The van der Waals surface area contributed by atoms with Crippen LogP contribution in [0.5, 0.6) is 0 Å². The predicted molar refractivity (Wildman–Crippen MR) is 66.9 cm³/mol. The van der Waals surface area contributed by atoms with E-state index in [-0.39, 0.29) is 11.9 Å². The molecule has 1 atom stereocenters. The first kappa shape index (κ1) is 13.0. The summed E-state index contributed by atoms with van der Waals surface area (Å²) in [6.45, 7) is 5.15. The van der Waals surface area contributed by atoms with Gasteiger partial charge in [0.05, 0.1) is 19.4 Å². The smallest absolute Gasteiger partial charge is 0.242 e. The minimum atomic E-state index is -0.213. The zero-order valence-electron chi connectivity index (χ0n) is 10.9. The minimum absolute atomic E-state index is 0.0982. The molecule has 1 fully saturated rings. The molecule has 0 radical (unpaired) electrons. The Hall–Kier alpha value is -1.40. The molecule has 2 heterocycles. The molecule has 1 aromatic heterocycles. The van der Waals surface area contributed by atoms with Crippen molar-refractivity contribution in [3.63, 3.8) is 0 Å². The third-order valence-electron chi connectivity index (χ3n) is 3.04. The highest BCUT2D eigenvalue weighted by Gasteiger charge is 2.25. The summed E-state index contributed by atoms with van der Waals surface area (Å²) in [6.07, 6.45) is 3.72. The first-order chi connectivity index (χ1) is 8.70. The van der Waals surface area contributed by atoms with Gasteiger partial charge < -0.3 is 15.0 Å². The molecule has 0 aliphatic carbocycles. The van der Waals surface area contributed by atoms with Crippen LogP contribution >= 0.6 is 0 Å². The van der Waals surface area contributed by atoms with Gasteiger partial charge in [-0.15, -0.1) is 0 Å². The van der Waals surface area contributed by atoms with Gasteiger partial charge in [0.2, 0.25) is 5.91 Å². The number of hydrogen-bond donors (Lipinski definition) is 1. The topological polar surface area (TPSA) is 59.4 Å². The van der Waals surface area contributed by atoms with Crippen LogP contribution in [0.1, 0.15) is 12.5 Å². The summed E-state index contributed by atoms with van der Waals surface area (Å²) in [5.74, 6) is 0.0982. The highest BCUT2D eigenvalue weighted by molar-refractivity contribution is 5.82. The lowest BCUT2D eigenvalue weighted by molar-refractivity contribution is -0.136. The van der Waals surface area contributed by atoms with Gasteiger partial charge in [-0.1, -0.05) is 0 Å². The Balaban J connectivity index is 1.96. The van der Waals surface area contributed by atoms with Crippen molar-refractivity contribution in [1.29, 1.82) is 0 Å². The maximum absolute atomic E-state index is 12.3. The van der Waals surface area contributed by atoms with Gasteiger partial charge >= 0.3 is 0 Å². The fourth-order valence-corrected chi connectivity index (χ4v) is 2.06. The number of ether oxygens (including phenoxy) is 1. The van der Waals surface area contributed by atoms with Crippen molar-refractivity contribution >= 4 is 5.91 Å². The van der Waals surface area contributed by atoms with Crippen molar-refractivity contribution < 1.29 is 9.53 Å². The van der Waals surface area contributed by atoms with Crippen LogP contribution in [-0.2, 0) is 23.1 Å². The fourth-order valence-electron chi connectivity index (χ4n) is 2.06. The summed E-state index contributed by atoms with van der Waals surface area (Å²) in [6, 6.07) is -0.213. The molecule has 100 valence electrons. The highest BCUT2D eigenvalue weighted by atomic mass is 16.5. The molecule has 1 aliphatic rings. The normalized spacial score (nSPS) is 19.8. The number of rotatable bonds is 4. The van der Waals surface area contributed by atoms with Gasteiger partial charge in [0, 0.05) is 38.4 Å². The van der Waals surface area contributed by atoms with Crippen molar-refractivity contribution in [2.24, 2.45) is 7.05 Å². The number of likely N-dealkylation sites (N-methyl/N-ethyl adjacent to an activating group) is 1. The van der Waals surface area contributed by atoms with Gasteiger partial charge in [0.25, 0.3) is 0 Å². The van der Waals surface area contributed by atoms with Gasteiger partial charge in [-0.05, 0) is 6.92 Å². The SMILES string of the molecule is CCN(Cc1cnn(C)c1)C(=O)[C@@H]1COCCN1.